The van der Waals surface area contributed by atoms with Gasteiger partial charge < -0.3 is 14.6 Å². The van der Waals surface area contributed by atoms with Crippen molar-refractivity contribution in [3.05, 3.63) is 89.5 Å². The SMILES string of the molecule is COc1ccc(C[C@H](C(=O)O)N(C)C(=O)OCC2c3ccccc3-c3ccccc32)cc1. The number of methoxy groups -OCH3 is 1. The highest BCUT2D eigenvalue weighted by Crippen LogP contribution is 2.44. The van der Waals surface area contributed by atoms with Crippen molar-refractivity contribution in [2.75, 3.05) is 20.8 Å². The van der Waals surface area contributed by atoms with Gasteiger partial charge in [0.2, 0.25) is 0 Å². The molecule has 0 aromatic heterocycles. The summed E-state index contributed by atoms with van der Waals surface area (Å²) in [4.78, 5) is 25.8. The Hall–Kier alpha value is -3.80. The van der Waals surface area contributed by atoms with Gasteiger partial charge in [-0.2, -0.15) is 0 Å². The number of aliphatic carboxylic acids is 1. The highest BCUT2D eigenvalue weighted by atomic mass is 16.6. The lowest BCUT2D eigenvalue weighted by molar-refractivity contribution is -0.142. The number of carboxylic acid groups (broad SMARTS) is 1. The Morgan fingerprint density at radius 3 is 2.03 bits per heavy atom. The second-order valence-corrected chi connectivity index (χ2v) is 7.82. The lowest BCUT2D eigenvalue weighted by atomic mass is 9.98. The average Bonchev–Trinajstić information content (AvgIpc) is 3.14. The zero-order valence-corrected chi connectivity index (χ0v) is 18.0. The van der Waals surface area contributed by atoms with E-state index < -0.39 is 18.1 Å². The maximum absolute atomic E-state index is 12.8. The summed E-state index contributed by atoms with van der Waals surface area (Å²) >= 11 is 0. The van der Waals surface area contributed by atoms with Crippen LogP contribution in [-0.4, -0.2) is 48.9 Å². The van der Waals surface area contributed by atoms with Crippen molar-refractivity contribution in [2.24, 2.45) is 0 Å². The van der Waals surface area contributed by atoms with Gasteiger partial charge in [-0.15, -0.1) is 0 Å². The van der Waals surface area contributed by atoms with Gasteiger partial charge in [0, 0.05) is 19.4 Å². The lowest BCUT2D eigenvalue weighted by Gasteiger charge is -2.25. The summed E-state index contributed by atoms with van der Waals surface area (Å²) in [5, 5.41) is 9.72. The number of fused-ring (bicyclic) bond motifs is 3. The van der Waals surface area contributed by atoms with Crippen molar-refractivity contribution in [2.45, 2.75) is 18.4 Å². The zero-order valence-electron chi connectivity index (χ0n) is 18.0. The number of hydrogen-bond donors (Lipinski definition) is 1. The quantitative estimate of drug-likeness (QED) is 0.593. The first-order valence-corrected chi connectivity index (χ1v) is 10.4. The van der Waals surface area contributed by atoms with Gasteiger partial charge in [-0.05, 0) is 39.9 Å². The summed E-state index contributed by atoms with van der Waals surface area (Å²) < 4.78 is 10.7. The number of ether oxygens (including phenoxy) is 2. The molecular formula is C26H25NO5. The minimum absolute atomic E-state index is 0.0791. The van der Waals surface area contributed by atoms with Gasteiger partial charge in [-0.3, -0.25) is 4.90 Å². The molecular weight excluding hydrogens is 406 g/mol. The van der Waals surface area contributed by atoms with Gasteiger partial charge in [0.05, 0.1) is 7.11 Å². The molecule has 3 aromatic carbocycles. The Balaban J connectivity index is 1.46. The Bertz CT molecular complexity index is 1080. The molecule has 0 unspecified atom stereocenters. The first-order chi connectivity index (χ1) is 15.5. The molecule has 6 heteroatoms. The molecule has 0 aliphatic heterocycles. The van der Waals surface area contributed by atoms with E-state index in [1.54, 1.807) is 31.4 Å². The van der Waals surface area contributed by atoms with E-state index in [1.165, 1.54) is 7.05 Å². The minimum Gasteiger partial charge on any atom is -0.497 e. The molecule has 0 radical (unpaired) electrons. The molecule has 0 saturated carbocycles. The van der Waals surface area contributed by atoms with E-state index in [0.29, 0.717) is 5.75 Å². The fourth-order valence-corrected chi connectivity index (χ4v) is 4.20. The molecule has 1 amide bonds. The van der Waals surface area contributed by atoms with Crippen molar-refractivity contribution in [1.82, 2.24) is 4.90 Å². The number of benzene rings is 3. The fourth-order valence-electron chi connectivity index (χ4n) is 4.20. The number of amides is 1. The maximum Gasteiger partial charge on any atom is 0.410 e. The molecule has 3 aromatic rings. The van der Waals surface area contributed by atoms with Crippen molar-refractivity contribution < 1.29 is 24.2 Å². The molecule has 32 heavy (non-hydrogen) atoms. The second kappa shape index (κ2) is 9.14. The number of carbonyl (C=O) groups is 2. The summed E-state index contributed by atoms with van der Waals surface area (Å²) in [5.74, 6) is -0.480. The maximum atomic E-state index is 12.8. The molecule has 0 bridgehead atoms. The number of rotatable bonds is 7. The van der Waals surface area contributed by atoms with Gasteiger partial charge in [-0.25, -0.2) is 9.59 Å². The van der Waals surface area contributed by atoms with Gasteiger partial charge in [-0.1, -0.05) is 60.7 Å². The van der Waals surface area contributed by atoms with Crippen molar-refractivity contribution >= 4 is 12.1 Å². The topological polar surface area (TPSA) is 76.1 Å². The van der Waals surface area contributed by atoms with Gasteiger partial charge in [0.15, 0.2) is 0 Å². The molecule has 0 saturated heterocycles. The van der Waals surface area contributed by atoms with Crippen molar-refractivity contribution in [1.29, 1.82) is 0 Å². The van der Waals surface area contributed by atoms with Crippen LogP contribution >= 0.6 is 0 Å². The monoisotopic (exact) mass is 431 g/mol. The van der Waals surface area contributed by atoms with Crippen LogP contribution in [0.1, 0.15) is 22.6 Å². The largest absolute Gasteiger partial charge is 0.497 e. The number of carbonyl (C=O) groups excluding carboxylic acids is 1. The second-order valence-electron chi connectivity index (χ2n) is 7.82. The van der Waals surface area contributed by atoms with E-state index in [-0.39, 0.29) is 18.9 Å². The predicted molar refractivity (Wildman–Crippen MR) is 121 cm³/mol. The van der Waals surface area contributed by atoms with Crippen LogP contribution in [0.25, 0.3) is 11.1 Å². The zero-order chi connectivity index (χ0) is 22.7. The average molecular weight is 431 g/mol. The Morgan fingerprint density at radius 1 is 0.938 bits per heavy atom. The normalized spacial score (nSPS) is 13.1. The van der Waals surface area contributed by atoms with Crippen LogP contribution in [0.4, 0.5) is 4.79 Å². The van der Waals surface area contributed by atoms with Crippen LogP contribution in [0.5, 0.6) is 5.75 Å². The highest BCUT2D eigenvalue weighted by Gasteiger charge is 2.32. The molecule has 0 fully saturated rings. The summed E-state index contributed by atoms with van der Waals surface area (Å²) in [6.07, 6.45) is -0.493. The van der Waals surface area contributed by atoms with Crippen LogP contribution < -0.4 is 4.74 Å². The fraction of sp³-hybridized carbons (Fsp3) is 0.231. The molecule has 1 N–H and O–H groups in total. The van der Waals surface area contributed by atoms with Crippen LogP contribution in [0, 0.1) is 0 Å². The molecule has 1 aliphatic carbocycles. The van der Waals surface area contributed by atoms with Crippen molar-refractivity contribution in [3.63, 3.8) is 0 Å². The number of hydrogen-bond acceptors (Lipinski definition) is 4. The number of likely N-dealkylation sites (N-methyl/N-ethyl adjacent to an activating group) is 1. The smallest absolute Gasteiger partial charge is 0.410 e. The predicted octanol–water partition coefficient (Wildman–Crippen LogP) is 4.57. The van der Waals surface area contributed by atoms with E-state index >= 15 is 0 Å². The molecule has 1 atom stereocenters. The highest BCUT2D eigenvalue weighted by molar-refractivity contribution is 5.81. The summed E-state index contributed by atoms with van der Waals surface area (Å²) in [7, 11) is 3.03. The van der Waals surface area contributed by atoms with Gasteiger partial charge >= 0.3 is 12.1 Å². The van der Waals surface area contributed by atoms with E-state index in [1.807, 2.05) is 36.4 Å². The van der Waals surface area contributed by atoms with E-state index in [4.69, 9.17) is 9.47 Å². The Labute approximate surface area is 187 Å². The van der Waals surface area contributed by atoms with E-state index in [2.05, 4.69) is 12.1 Å². The third kappa shape index (κ3) is 4.17. The molecule has 0 spiro atoms. The third-order valence-corrected chi connectivity index (χ3v) is 5.96. The van der Waals surface area contributed by atoms with Crippen LogP contribution in [0.15, 0.2) is 72.8 Å². The molecule has 1 aliphatic rings. The number of carboxylic acids is 1. The minimum atomic E-state index is -1.09. The third-order valence-electron chi connectivity index (χ3n) is 5.96. The van der Waals surface area contributed by atoms with Crippen LogP contribution in [-0.2, 0) is 16.0 Å². The summed E-state index contributed by atoms with van der Waals surface area (Å²) in [6.45, 7) is 0.145. The molecule has 6 nitrogen and oxygen atoms in total. The van der Waals surface area contributed by atoms with Crippen LogP contribution in [0.2, 0.25) is 0 Å². The van der Waals surface area contributed by atoms with E-state index in [9.17, 15) is 14.7 Å². The van der Waals surface area contributed by atoms with Crippen LogP contribution in [0.3, 0.4) is 0 Å². The standard InChI is InChI=1S/C26H25NO5/c1-27(24(25(28)29)15-17-11-13-18(31-2)14-12-17)26(30)32-16-23-21-9-5-3-7-19(21)20-8-4-6-10-22(20)23/h3-14,23-24H,15-16H2,1-2H3,(H,28,29)/t24-/m1/s1. The lowest BCUT2D eigenvalue weighted by Crippen LogP contribution is -2.44. The number of nitrogens with zero attached hydrogens (tertiary/aromatic N) is 1. The van der Waals surface area contributed by atoms with Gasteiger partial charge in [0.25, 0.3) is 0 Å². The summed E-state index contributed by atoms with van der Waals surface area (Å²) in [6, 6.07) is 22.2. The summed E-state index contributed by atoms with van der Waals surface area (Å²) in [5.41, 5.74) is 5.28. The first kappa shape index (κ1) is 21.4. The van der Waals surface area contributed by atoms with Crippen molar-refractivity contribution in [3.8, 4) is 16.9 Å². The first-order valence-electron chi connectivity index (χ1n) is 10.4. The molecule has 0 heterocycles. The Kier molecular flexibility index (Phi) is 6.12. The van der Waals surface area contributed by atoms with Gasteiger partial charge in [0.1, 0.15) is 18.4 Å². The molecule has 4 rings (SSSR count). The molecule has 164 valence electrons. The Morgan fingerprint density at radius 2 is 1.50 bits per heavy atom. The van der Waals surface area contributed by atoms with E-state index in [0.717, 1.165) is 32.7 Å².